The summed E-state index contributed by atoms with van der Waals surface area (Å²) in [7, 11) is -3.68. The van der Waals surface area contributed by atoms with E-state index in [-0.39, 0.29) is 11.9 Å². The molecule has 2 rings (SSSR count). The summed E-state index contributed by atoms with van der Waals surface area (Å²) in [6, 6.07) is 14.9. The average Bonchev–Trinajstić information content (AvgIpc) is 2.58. The van der Waals surface area contributed by atoms with E-state index in [1.807, 2.05) is 37.3 Å². The van der Waals surface area contributed by atoms with Crippen molar-refractivity contribution in [1.82, 2.24) is 5.32 Å². The Hall–Kier alpha value is -2.05. The summed E-state index contributed by atoms with van der Waals surface area (Å²) in [6.07, 6.45) is 1.41. The first-order chi connectivity index (χ1) is 12.2. The molecule has 5 nitrogen and oxygen atoms in total. The van der Waals surface area contributed by atoms with Crippen LogP contribution in [0.4, 0.5) is 5.69 Å². The lowest BCUT2D eigenvalue weighted by molar-refractivity contribution is -0.122. The molecule has 1 amide bonds. The molecule has 140 valence electrons. The Labute approximate surface area is 160 Å². The van der Waals surface area contributed by atoms with E-state index in [9.17, 15) is 13.2 Å². The third-order valence-electron chi connectivity index (χ3n) is 4.05. The number of hydrogen-bond donors (Lipinski definition) is 1. The monoisotopic (exact) mass is 394 g/mol. The smallest absolute Gasteiger partial charge is 0.244 e. The minimum atomic E-state index is -3.68. The Kier molecular flexibility index (Phi) is 6.67. The summed E-state index contributed by atoms with van der Waals surface area (Å²) in [4.78, 5) is 12.9. The van der Waals surface area contributed by atoms with Crippen LogP contribution in [0.2, 0.25) is 5.02 Å². The van der Waals surface area contributed by atoms with E-state index in [0.29, 0.717) is 17.1 Å². The fourth-order valence-corrected chi connectivity index (χ4v) is 4.20. The lowest BCUT2D eigenvalue weighted by Gasteiger charge is -2.31. The zero-order chi connectivity index (χ0) is 19.3. The first-order valence-electron chi connectivity index (χ1n) is 8.34. The lowest BCUT2D eigenvalue weighted by Crippen LogP contribution is -2.49. The molecular weight excluding hydrogens is 372 g/mol. The Bertz CT molecular complexity index is 856. The SMILES string of the molecule is CCC(C(=O)N[C@H](C)c1ccccc1)N(c1cccc(Cl)c1)S(C)(=O)=O. The van der Waals surface area contributed by atoms with Gasteiger partial charge in [0.15, 0.2) is 0 Å². The Morgan fingerprint density at radius 3 is 2.35 bits per heavy atom. The molecule has 0 spiro atoms. The van der Waals surface area contributed by atoms with Crippen LogP contribution in [0.5, 0.6) is 0 Å². The van der Waals surface area contributed by atoms with Gasteiger partial charge in [-0.25, -0.2) is 8.42 Å². The Morgan fingerprint density at radius 1 is 1.15 bits per heavy atom. The zero-order valence-electron chi connectivity index (χ0n) is 15.0. The van der Waals surface area contributed by atoms with Crippen molar-refractivity contribution in [3.8, 4) is 0 Å². The highest BCUT2D eigenvalue weighted by Crippen LogP contribution is 2.26. The van der Waals surface area contributed by atoms with E-state index in [4.69, 9.17) is 11.6 Å². The summed E-state index contributed by atoms with van der Waals surface area (Å²) in [5.41, 5.74) is 1.32. The number of nitrogens with zero attached hydrogens (tertiary/aromatic N) is 1. The number of halogens is 1. The largest absolute Gasteiger partial charge is 0.348 e. The van der Waals surface area contributed by atoms with Crippen molar-refractivity contribution in [2.24, 2.45) is 0 Å². The molecule has 1 N–H and O–H groups in total. The van der Waals surface area contributed by atoms with Gasteiger partial charge in [-0.15, -0.1) is 0 Å². The van der Waals surface area contributed by atoms with E-state index < -0.39 is 16.1 Å². The van der Waals surface area contributed by atoms with Crippen LogP contribution in [0.25, 0.3) is 0 Å². The third-order valence-corrected chi connectivity index (χ3v) is 5.47. The van der Waals surface area contributed by atoms with E-state index >= 15 is 0 Å². The molecule has 26 heavy (non-hydrogen) atoms. The molecule has 0 bridgehead atoms. The number of carbonyl (C=O) groups is 1. The third kappa shape index (κ3) is 4.99. The average molecular weight is 395 g/mol. The molecule has 2 aromatic rings. The highest BCUT2D eigenvalue weighted by molar-refractivity contribution is 7.92. The van der Waals surface area contributed by atoms with Gasteiger partial charge in [0.2, 0.25) is 15.9 Å². The van der Waals surface area contributed by atoms with Crippen molar-refractivity contribution in [2.75, 3.05) is 10.6 Å². The molecule has 2 aromatic carbocycles. The number of carbonyl (C=O) groups excluding carboxylic acids is 1. The van der Waals surface area contributed by atoms with Gasteiger partial charge in [0.05, 0.1) is 18.0 Å². The number of nitrogens with one attached hydrogen (secondary N) is 1. The zero-order valence-corrected chi connectivity index (χ0v) is 16.6. The second-order valence-electron chi connectivity index (χ2n) is 6.10. The van der Waals surface area contributed by atoms with Gasteiger partial charge >= 0.3 is 0 Å². The number of amides is 1. The highest BCUT2D eigenvalue weighted by atomic mass is 35.5. The van der Waals surface area contributed by atoms with Gasteiger partial charge in [0.25, 0.3) is 0 Å². The highest BCUT2D eigenvalue weighted by Gasteiger charge is 2.32. The summed E-state index contributed by atoms with van der Waals surface area (Å²) < 4.78 is 25.9. The minimum absolute atomic E-state index is 0.237. The van der Waals surface area contributed by atoms with E-state index in [2.05, 4.69) is 5.32 Å². The second-order valence-corrected chi connectivity index (χ2v) is 8.40. The van der Waals surface area contributed by atoms with Crippen molar-refractivity contribution in [3.05, 3.63) is 65.2 Å². The first kappa shape index (κ1) is 20.3. The molecule has 7 heteroatoms. The first-order valence-corrected chi connectivity index (χ1v) is 10.6. The van der Waals surface area contributed by atoms with Gasteiger partial charge < -0.3 is 5.32 Å². The molecule has 0 heterocycles. The lowest BCUT2D eigenvalue weighted by atomic mass is 10.1. The van der Waals surface area contributed by atoms with Crippen LogP contribution in [0.1, 0.15) is 31.9 Å². The van der Waals surface area contributed by atoms with Crippen LogP contribution >= 0.6 is 11.6 Å². The summed E-state index contributed by atoms with van der Waals surface area (Å²) in [5.74, 6) is -0.353. The molecule has 0 aromatic heterocycles. The fraction of sp³-hybridized carbons (Fsp3) is 0.316. The molecule has 0 saturated heterocycles. The molecule has 2 atom stereocenters. The van der Waals surface area contributed by atoms with E-state index in [1.165, 1.54) is 0 Å². The molecule has 0 saturated carbocycles. The molecule has 0 radical (unpaired) electrons. The Balaban J connectivity index is 2.31. The van der Waals surface area contributed by atoms with Crippen LogP contribution in [0, 0.1) is 0 Å². The minimum Gasteiger partial charge on any atom is -0.348 e. The van der Waals surface area contributed by atoms with Crippen LogP contribution in [-0.2, 0) is 14.8 Å². The summed E-state index contributed by atoms with van der Waals surface area (Å²) >= 11 is 6.01. The van der Waals surface area contributed by atoms with Crippen LogP contribution < -0.4 is 9.62 Å². The van der Waals surface area contributed by atoms with Gasteiger partial charge in [-0.1, -0.05) is 54.9 Å². The van der Waals surface area contributed by atoms with Gasteiger partial charge in [0, 0.05) is 5.02 Å². The van der Waals surface area contributed by atoms with Crippen LogP contribution in [0.3, 0.4) is 0 Å². The molecule has 1 unspecified atom stereocenters. The molecule has 0 aliphatic carbocycles. The maximum atomic E-state index is 12.9. The number of benzene rings is 2. The standard InChI is InChI=1S/C19H23ClN2O3S/c1-4-18(19(23)21-14(2)15-9-6-5-7-10-15)22(26(3,24)25)17-12-8-11-16(20)13-17/h5-14,18H,4H2,1-3H3,(H,21,23)/t14-,18?/m1/s1. The fourth-order valence-electron chi connectivity index (χ4n) is 2.81. The van der Waals surface area contributed by atoms with Crippen molar-refractivity contribution in [3.63, 3.8) is 0 Å². The summed E-state index contributed by atoms with van der Waals surface area (Å²) in [5, 5.41) is 3.31. The summed E-state index contributed by atoms with van der Waals surface area (Å²) in [6.45, 7) is 3.64. The van der Waals surface area contributed by atoms with Crippen LogP contribution in [0.15, 0.2) is 54.6 Å². The molecule has 0 aliphatic rings. The second kappa shape index (κ2) is 8.56. The van der Waals surface area contributed by atoms with Crippen LogP contribution in [-0.4, -0.2) is 26.6 Å². The van der Waals surface area contributed by atoms with E-state index in [0.717, 1.165) is 16.1 Å². The van der Waals surface area contributed by atoms with Crippen molar-refractivity contribution >= 4 is 33.2 Å². The quantitative estimate of drug-likeness (QED) is 0.777. The maximum Gasteiger partial charge on any atom is 0.244 e. The van der Waals surface area contributed by atoms with Crippen molar-refractivity contribution in [1.29, 1.82) is 0 Å². The molecule has 0 fully saturated rings. The predicted molar refractivity (Wildman–Crippen MR) is 106 cm³/mol. The Morgan fingerprint density at radius 2 is 1.81 bits per heavy atom. The van der Waals surface area contributed by atoms with Gasteiger partial charge in [-0.05, 0) is 37.1 Å². The topological polar surface area (TPSA) is 66.5 Å². The normalized spacial score (nSPS) is 13.7. The number of anilines is 1. The number of hydrogen-bond acceptors (Lipinski definition) is 3. The van der Waals surface area contributed by atoms with Gasteiger partial charge in [-0.3, -0.25) is 9.10 Å². The maximum absolute atomic E-state index is 12.9. The van der Waals surface area contributed by atoms with Crippen molar-refractivity contribution < 1.29 is 13.2 Å². The molecule has 0 aliphatic heterocycles. The molecular formula is C19H23ClN2O3S. The van der Waals surface area contributed by atoms with E-state index in [1.54, 1.807) is 31.2 Å². The van der Waals surface area contributed by atoms with Crippen molar-refractivity contribution in [2.45, 2.75) is 32.4 Å². The van der Waals surface area contributed by atoms with Gasteiger partial charge in [-0.2, -0.15) is 0 Å². The number of rotatable bonds is 7. The van der Waals surface area contributed by atoms with Gasteiger partial charge in [0.1, 0.15) is 6.04 Å². The number of sulfonamides is 1. The predicted octanol–water partition coefficient (Wildman–Crippen LogP) is 3.76.